The minimum atomic E-state index is -0.00840. The van der Waals surface area contributed by atoms with Gasteiger partial charge < -0.3 is 5.32 Å². The molecule has 0 unspecified atom stereocenters. The Labute approximate surface area is 135 Å². The molecule has 2 aromatic rings. The summed E-state index contributed by atoms with van der Waals surface area (Å²) in [5.41, 5.74) is 3.43. The quantitative estimate of drug-likeness (QED) is 0.863. The zero-order chi connectivity index (χ0) is 16.4. The SMILES string of the molecule is C=Cn1c(-c2ccc(C(=O)NC3CC3)cc2)cnc1C(C)=NC. The lowest BCUT2D eigenvalue weighted by Gasteiger charge is -2.08. The number of amides is 1. The molecule has 0 bridgehead atoms. The van der Waals surface area contributed by atoms with E-state index in [2.05, 4.69) is 21.9 Å². The summed E-state index contributed by atoms with van der Waals surface area (Å²) in [5, 5.41) is 2.99. The molecule has 1 heterocycles. The van der Waals surface area contributed by atoms with Gasteiger partial charge in [-0.15, -0.1) is 0 Å². The van der Waals surface area contributed by atoms with E-state index < -0.39 is 0 Å². The van der Waals surface area contributed by atoms with Gasteiger partial charge in [-0.2, -0.15) is 0 Å². The van der Waals surface area contributed by atoms with Crippen molar-refractivity contribution in [3.05, 3.63) is 48.4 Å². The topological polar surface area (TPSA) is 59.3 Å². The Morgan fingerprint density at radius 1 is 1.39 bits per heavy atom. The Morgan fingerprint density at radius 3 is 2.65 bits per heavy atom. The Kier molecular flexibility index (Phi) is 4.10. The van der Waals surface area contributed by atoms with Crippen LogP contribution in [-0.2, 0) is 0 Å². The number of hydrogen-bond donors (Lipinski definition) is 1. The number of nitrogens with zero attached hydrogens (tertiary/aromatic N) is 3. The molecule has 5 nitrogen and oxygen atoms in total. The Bertz CT molecular complexity index is 767. The van der Waals surface area contributed by atoms with Crippen molar-refractivity contribution in [3.63, 3.8) is 0 Å². The predicted octanol–water partition coefficient (Wildman–Crippen LogP) is 2.98. The summed E-state index contributed by atoms with van der Waals surface area (Å²) in [6, 6.07) is 7.91. The number of rotatable bonds is 5. The van der Waals surface area contributed by atoms with Crippen LogP contribution in [0, 0.1) is 0 Å². The number of benzene rings is 1. The van der Waals surface area contributed by atoms with Crippen molar-refractivity contribution in [1.82, 2.24) is 14.9 Å². The number of carbonyl (C=O) groups excluding carboxylic acids is 1. The summed E-state index contributed by atoms with van der Waals surface area (Å²) in [4.78, 5) is 20.6. The second-order valence-corrected chi connectivity index (χ2v) is 5.65. The van der Waals surface area contributed by atoms with Crippen LogP contribution in [0.15, 0.2) is 42.0 Å². The van der Waals surface area contributed by atoms with Gasteiger partial charge in [-0.25, -0.2) is 4.98 Å². The van der Waals surface area contributed by atoms with Crippen molar-refractivity contribution in [1.29, 1.82) is 0 Å². The van der Waals surface area contributed by atoms with Crippen LogP contribution in [0.25, 0.3) is 17.5 Å². The van der Waals surface area contributed by atoms with Crippen molar-refractivity contribution in [2.24, 2.45) is 4.99 Å². The smallest absolute Gasteiger partial charge is 0.251 e. The van der Waals surface area contributed by atoms with Gasteiger partial charge in [0.25, 0.3) is 5.91 Å². The zero-order valence-corrected chi connectivity index (χ0v) is 13.4. The molecule has 1 aliphatic carbocycles. The third-order valence-corrected chi connectivity index (χ3v) is 3.99. The van der Waals surface area contributed by atoms with Crippen molar-refractivity contribution in [3.8, 4) is 11.3 Å². The molecule has 0 saturated heterocycles. The van der Waals surface area contributed by atoms with Crippen LogP contribution in [0.4, 0.5) is 0 Å². The van der Waals surface area contributed by atoms with Gasteiger partial charge in [-0.05, 0) is 31.9 Å². The molecule has 1 aromatic carbocycles. The average Bonchev–Trinajstić information content (AvgIpc) is 3.29. The van der Waals surface area contributed by atoms with Crippen LogP contribution in [-0.4, -0.2) is 34.3 Å². The van der Waals surface area contributed by atoms with E-state index in [1.165, 1.54) is 0 Å². The largest absolute Gasteiger partial charge is 0.349 e. The van der Waals surface area contributed by atoms with E-state index in [1.807, 2.05) is 35.8 Å². The summed E-state index contributed by atoms with van der Waals surface area (Å²) in [6.07, 6.45) is 5.69. The Hall–Kier alpha value is -2.69. The lowest BCUT2D eigenvalue weighted by atomic mass is 10.1. The minimum Gasteiger partial charge on any atom is -0.349 e. The summed E-state index contributed by atoms with van der Waals surface area (Å²) in [7, 11) is 1.74. The van der Waals surface area contributed by atoms with Gasteiger partial charge in [-0.1, -0.05) is 18.7 Å². The van der Waals surface area contributed by atoms with Gasteiger partial charge in [0.2, 0.25) is 0 Å². The number of nitrogens with one attached hydrogen (secondary N) is 1. The highest BCUT2D eigenvalue weighted by atomic mass is 16.1. The summed E-state index contributed by atoms with van der Waals surface area (Å²) in [5.74, 6) is 0.763. The summed E-state index contributed by atoms with van der Waals surface area (Å²) >= 11 is 0. The van der Waals surface area contributed by atoms with E-state index >= 15 is 0 Å². The molecule has 1 fully saturated rings. The maximum absolute atomic E-state index is 12.0. The maximum atomic E-state index is 12.0. The van der Waals surface area contributed by atoms with Gasteiger partial charge in [0.05, 0.1) is 17.6 Å². The van der Waals surface area contributed by atoms with Crippen LogP contribution in [0.5, 0.6) is 0 Å². The van der Waals surface area contributed by atoms with Crippen LogP contribution >= 0.6 is 0 Å². The fourth-order valence-corrected chi connectivity index (χ4v) is 2.42. The van der Waals surface area contributed by atoms with E-state index in [1.54, 1.807) is 19.4 Å². The number of imidazole rings is 1. The highest BCUT2D eigenvalue weighted by Crippen LogP contribution is 2.23. The van der Waals surface area contributed by atoms with E-state index in [-0.39, 0.29) is 5.91 Å². The van der Waals surface area contributed by atoms with Gasteiger partial charge in [0.1, 0.15) is 0 Å². The highest BCUT2D eigenvalue weighted by molar-refractivity contribution is 5.97. The first-order valence-corrected chi connectivity index (χ1v) is 7.69. The number of carbonyl (C=O) groups is 1. The second-order valence-electron chi connectivity index (χ2n) is 5.65. The van der Waals surface area contributed by atoms with E-state index in [0.717, 1.165) is 35.6 Å². The van der Waals surface area contributed by atoms with Crippen LogP contribution in [0.1, 0.15) is 35.9 Å². The first-order chi connectivity index (χ1) is 11.1. The molecule has 0 spiro atoms. The van der Waals surface area contributed by atoms with Gasteiger partial charge >= 0.3 is 0 Å². The molecule has 1 saturated carbocycles. The molecule has 5 heteroatoms. The van der Waals surface area contributed by atoms with Gasteiger partial charge in [0.15, 0.2) is 5.82 Å². The minimum absolute atomic E-state index is 0.00840. The monoisotopic (exact) mass is 308 g/mol. The van der Waals surface area contributed by atoms with Crippen LogP contribution < -0.4 is 5.32 Å². The van der Waals surface area contributed by atoms with Crippen molar-refractivity contribution < 1.29 is 4.79 Å². The number of aliphatic imine (C=N–C) groups is 1. The Morgan fingerprint density at radius 2 is 2.09 bits per heavy atom. The fraction of sp³-hybridized carbons (Fsp3) is 0.278. The summed E-state index contributed by atoms with van der Waals surface area (Å²) in [6.45, 7) is 5.77. The van der Waals surface area contributed by atoms with Gasteiger partial charge in [-0.3, -0.25) is 14.4 Å². The Balaban J connectivity index is 1.88. The standard InChI is InChI=1S/C18H20N4O/c1-4-22-16(11-20-17(22)12(2)19-3)13-5-7-14(8-6-13)18(23)21-15-9-10-15/h4-8,11,15H,1,9-10H2,2-3H3,(H,21,23). The maximum Gasteiger partial charge on any atom is 0.251 e. The molecule has 1 aliphatic rings. The van der Waals surface area contributed by atoms with Crippen LogP contribution in [0.2, 0.25) is 0 Å². The molecule has 118 valence electrons. The number of aromatic nitrogens is 2. The van der Waals surface area contributed by atoms with Crippen molar-refractivity contribution >= 4 is 17.8 Å². The van der Waals surface area contributed by atoms with Crippen LogP contribution in [0.3, 0.4) is 0 Å². The molecule has 1 amide bonds. The number of hydrogen-bond acceptors (Lipinski definition) is 3. The molecule has 1 aromatic heterocycles. The normalized spacial score (nSPS) is 14.6. The third kappa shape index (κ3) is 3.08. The fourth-order valence-electron chi connectivity index (χ4n) is 2.42. The molecule has 1 N–H and O–H groups in total. The first-order valence-electron chi connectivity index (χ1n) is 7.69. The first kappa shape index (κ1) is 15.2. The predicted molar refractivity (Wildman–Crippen MR) is 92.7 cm³/mol. The lowest BCUT2D eigenvalue weighted by Crippen LogP contribution is -2.25. The summed E-state index contributed by atoms with van der Waals surface area (Å²) < 4.78 is 1.90. The average molecular weight is 308 g/mol. The molecule has 0 atom stereocenters. The molecule has 23 heavy (non-hydrogen) atoms. The van der Waals surface area contributed by atoms with E-state index in [9.17, 15) is 4.79 Å². The van der Waals surface area contributed by atoms with Crippen molar-refractivity contribution in [2.45, 2.75) is 25.8 Å². The second kappa shape index (κ2) is 6.20. The lowest BCUT2D eigenvalue weighted by molar-refractivity contribution is 0.0951. The van der Waals surface area contributed by atoms with E-state index in [4.69, 9.17) is 0 Å². The molecule has 0 radical (unpaired) electrons. The molecule has 3 rings (SSSR count). The zero-order valence-electron chi connectivity index (χ0n) is 13.4. The third-order valence-electron chi connectivity index (χ3n) is 3.99. The van der Waals surface area contributed by atoms with Gasteiger partial charge in [0, 0.05) is 30.4 Å². The van der Waals surface area contributed by atoms with E-state index in [0.29, 0.717) is 11.6 Å². The highest BCUT2D eigenvalue weighted by Gasteiger charge is 2.23. The molecular weight excluding hydrogens is 288 g/mol. The molecular formula is C18H20N4O. The van der Waals surface area contributed by atoms with Crippen molar-refractivity contribution in [2.75, 3.05) is 7.05 Å². The molecule has 0 aliphatic heterocycles.